The number of rotatable bonds is 10. The van der Waals surface area contributed by atoms with Crippen LogP contribution in [0.5, 0.6) is 0 Å². The molecule has 0 fully saturated rings. The molecule has 7 atom stereocenters. The summed E-state index contributed by atoms with van der Waals surface area (Å²) in [6.07, 6.45) is -9.77. The second-order valence-corrected chi connectivity index (χ2v) is 3.47. The molecule has 4 N–H and O–H groups in total. The van der Waals surface area contributed by atoms with E-state index in [1.165, 1.54) is 0 Å². The summed E-state index contributed by atoms with van der Waals surface area (Å²) in [5.74, 6) is -3.52. The second kappa shape index (κ2) is 8.94. The fourth-order valence-electron chi connectivity index (χ4n) is 0.895. The van der Waals surface area contributed by atoms with Gasteiger partial charge in [0.25, 0.3) is 0 Å². The van der Waals surface area contributed by atoms with Crippen molar-refractivity contribution in [1.82, 2.24) is 0 Å². The minimum atomic E-state index is -2.10. The van der Waals surface area contributed by atoms with E-state index >= 15 is 0 Å². The van der Waals surface area contributed by atoms with Gasteiger partial charge < -0.3 is 11.5 Å². The van der Waals surface area contributed by atoms with E-state index in [9.17, 15) is 14.4 Å². The average Bonchev–Trinajstić information content (AvgIpc) is 2.62. The van der Waals surface area contributed by atoms with Gasteiger partial charge in [-0.2, -0.15) is 0 Å². The van der Waals surface area contributed by atoms with Crippen LogP contribution in [0.15, 0.2) is 0 Å². The van der Waals surface area contributed by atoms with Crippen molar-refractivity contribution in [3.8, 4) is 0 Å². The van der Waals surface area contributed by atoms with Crippen molar-refractivity contribution in [2.45, 2.75) is 64.3 Å². The largest absolute Gasteiger partial charge is 0.326 e. The van der Waals surface area contributed by atoms with Gasteiger partial charge in [-0.05, 0) is 13.3 Å². The fraction of sp³-hybridized carbons (Fsp3) is 0.769. The van der Waals surface area contributed by atoms with Gasteiger partial charge in [0.1, 0.15) is 11.6 Å². The van der Waals surface area contributed by atoms with E-state index in [2.05, 4.69) is 0 Å². The molecule has 0 aliphatic heterocycles. The standard InChI is InChI=1S/C13H24N2O3/c1-3-4-10(16)5-6-11(17)7-8-12(18)13(15)9(2)14/h9,13H,3-8,14-15H2,1-2H3/i1D,2D2,4D,5D,6D,7D,8D. The zero-order valence-electron chi connectivity index (χ0n) is 17.9. The first-order chi connectivity index (χ1) is 11.9. The van der Waals surface area contributed by atoms with Crippen molar-refractivity contribution in [2.75, 3.05) is 0 Å². The molecule has 5 heteroatoms. The summed E-state index contributed by atoms with van der Waals surface area (Å²) in [5.41, 5.74) is 10.8. The zero-order valence-corrected chi connectivity index (χ0v) is 9.91. The quantitative estimate of drug-likeness (QED) is 0.605. The highest BCUT2D eigenvalue weighted by molar-refractivity contribution is 5.91. The van der Waals surface area contributed by atoms with Gasteiger partial charge in [0, 0.05) is 49.0 Å². The summed E-state index contributed by atoms with van der Waals surface area (Å²) >= 11 is 0. The van der Waals surface area contributed by atoms with Gasteiger partial charge in [0.15, 0.2) is 5.78 Å². The van der Waals surface area contributed by atoms with E-state index in [1.807, 2.05) is 0 Å². The smallest absolute Gasteiger partial charge is 0.151 e. The third kappa shape index (κ3) is 7.29. The Morgan fingerprint density at radius 3 is 2.17 bits per heavy atom. The van der Waals surface area contributed by atoms with Crippen LogP contribution in [0, 0.1) is 0 Å². The van der Waals surface area contributed by atoms with Crippen LogP contribution in [0.25, 0.3) is 0 Å². The number of carbonyl (C=O) groups excluding carboxylic acids is 3. The van der Waals surface area contributed by atoms with Gasteiger partial charge in [-0.1, -0.05) is 6.90 Å². The van der Waals surface area contributed by atoms with Crippen LogP contribution in [0.1, 0.15) is 63.1 Å². The second-order valence-electron chi connectivity index (χ2n) is 3.47. The number of ketones is 3. The number of nitrogens with two attached hydrogens (primary N) is 2. The molecular formula is C13H24N2O3. The molecule has 0 aromatic rings. The Labute approximate surface area is 120 Å². The number of Topliss-reactive ketones (excluding diaryl/α,β-unsaturated/α-hetero) is 3. The van der Waals surface area contributed by atoms with Crippen LogP contribution in [-0.4, -0.2) is 29.4 Å². The van der Waals surface area contributed by atoms with Gasteiger partial charge in [-0.25, -0.2) is 0 Å². The van der Waals surface area contributed by atoms with E-state index in [0.717, 1.165) is 0 Å². The highest BCUT2D eigenvalue weighted by Crippen LogP contribution is 2.04. The first-order valence-electron chi connectivity index (χ1n) is 10.0. The fourth-order valence-corrected chi connectivity index (χ4v) is 0.895. The van der Waals surface area contributed by atoms with Crippen LogP contribution in [0.2, 0.25) is 0 Å². The highest BCUT2D eigenvalue weighted by Gasteiger charge is 2.18. The molecule has 0 rings (SSSR count). The third-order valence-electron chi connectivity index (χ3n) is 1.91. The molecule has 0 bridgehead atoms. The van der Waals surface area contributed by atoms with Gasteiger partial charge in [0.2, 0.25) is 0 Å². The lowest BCUT2D eigenvalue weighted by atomic mass is 10.00. The molecule has 0 amide bonds. The molecule has 0 aromatic carbocycles. The highest BCUT2D eigenvalue weighted by atomic mass is 16.1. The van der Waals surface area contributed by atoms with E-state index in [1.54, 1.807) is 0 Å². The average molecular weight is 264 g/mol. The molecule has 104 valence electrons. The van der Waals surface area contributed by atoms with Gasteiger partial charge in [-0.15, -0.1) is 0 Å². The summed E-state index contributed by atoms with van der Waals surface area (Å²) in [6, 6.07) is -3.05. The molecule has 7 unspecified atom stereocenters. The van der Waals surface area contributed by atoms with Crippen molar-refractivity contribution >= 4 is 17.3 Å². The lowest BCUT2D eigenvalue weighted by Crippen LogP contribution is -2.45. The molecule has 0 aliphatic carbocycles. The Morgan fingerprint density at radius 2 is 1.61 bits per heavy atom. The van der Waals surface area contributed by atoms with E-state index < -0.39 is 68.3 Å². The van der Waals surface area contributed by atoms with Crippen molar-refractivity contribution in [3.63, 3.8) is 0 Å². The minimum Gasteiger partial charge on any atom is -0.326 e. The number of hydrogen-bond donors (Lipinski definition) is 2. The van der Waals surface area contributed by atoms with E-state index in [0.29, 0.717) is 0 Å². The predicted molar refractivity (Wildman–Crippen MR) is 70.0 cm³/mol. The molecule has 0 aromatic heterocycles. The Balaban J connectivity index is 5.07. The lowest BCUT2D eigenvalue weighted by molar-refractivity contribution is -0.126. The first-order valence-corrected chi connectivity index (χ1v) is 5.25. The molecule has 0 saturated heterocycles. The summed E-state index contributed by atoms with van der Waals surface area (Å²) in [6.45, 7) is -1.90. The minimum absolute atomic E-state index is 0.160. The normalized spacial score (nSPS) is 29.3. The SMILES string of the molecule is [2H]CCC([2H])C(=O)C([2H])C([2H])C(=O)C([2H])C([2H])C(=O)C(N)C(N)C([2H])[2H]. The molecule has 0 heterocycles. The summed E-state index contributed by atoms with van der Waals surface area (Å²) in [4.78, 5) is 35.9. The topological polar surface area (TPSA) is 103 Å². The Morgan fingerprint density at radius 1 is 1.06 bits per heavy atom. The maximum Gasteiger partial charge on any atom is 0.151 e. The van der Waals surface area contributed by atoms with Crippen LogP contribution < -0.4 is 11.5 Å². The molecular weight excluding hydrogens is 232 g/mol. The Bertz CT molecular complexity index is 510. The van der Waals surface area contributed by atoms with Crippen LogP contribution >= 0.6 is 0 Å². The number of carbonyl (C=O) groups is 3. The van der Waals surface area contributed by atoms with Crippen LogP contribution in [0.4, 0.5) is 0 Å². The number of hydrogen-bond acceptors (Lipinski definition) is 5. The van der Waals surface area contributed by atoms with Crippen LogP contribution in [-0.2, 0) is 14.4 Å². The van der Waals surface area contributed by atoms with Crippen molar-refractivity contribution in [1.29, 1.82) is 0 Å². The molecule has 5 nitrogen and oxygen atoms in total. The van der Waals surface area contributed by atoms with Crippen molar-refractivity contribution in [3.05, 3.63) is 0 Å². The van der Waals surface area contributed by atoms with Gasteiger partial charge in [-0.3, -0.25) is 14.4 Å². The molecule has 0 saturated carbocycles. The van der Waals surface area contributed by atoms with Crippen molar-refractivity contribution < 1.29 is 25.3 Å². The van der Waals surface area contributed by atoms with Crippen molar-refractivity contribution in [2.24, 2.45) is 11.5 Å². The Kier molecular flexibility index (Phi) is 3.73. The van der Waals surface area contributed by atoms with E-state index in [-0.39, 0.29) is 13.3 Å². The maximum atomic E-state index is 12.1. The maximum absolute atomic E-state index is 12.1. The molecule has 0 spiro atoms. The van der Waals surface area contributed by atoms with Gasteiger partial charge in [0.05, 0.1) is 6.04 Å². The molecule has 0 aliphatic rings. The zero-order chi connectivity index (χ0) is 20.8. The predicted octanol–water partition coefficient (Wildman–Crippen LogP) is 0.729. The summed E-state index contributed by atoms with van der Waals surface area (Å²) < 4.78 is 59.2. The summed E-state index contributed by atoms with van der Waals surface area (Å²) in [5, 5.41) is 0. The van der Waals surface area contributed by atoms with E-state index in [4.69, 9.17) is 22.4 Å². The lowest BCUT2D eigenvalue weighted by Gasteiger charge is -2.13. The third-order valence-corrected chi connectivity index (χ3v) is 1.91. The summed E-state index contributed by atoms with van der Waals surface area (Å²) in [7, 11) is 0. The molecule has 18 heavy (non-hydrogen) atoms. The Hall–Kier alpha value is -1.07. The van der Waals surface area contributed by atoms with Crippen LogP contribution in [0.3, 0.4) is 0 Å². The van der Waals surface area contributed by atoms with Gasteiger partial charge >= 0.3 is 0 Å². The first kappa shape index (κ1) is 7.50. The molecule has 0 radical (unpaired) electrons. The monoisotopic (exact) mass is 264 g/mol.